The number of alkyl halides is 1. The number of fused-ring (bicyclic) bond motifs is 1. The molecular formula is C14H23ClN2O6. The third-order valence-electron chi connectivity index (χ3n) is 4.77. The fraction of sp³-hybridized carbons (Fsp3) is 0.857. The van der Waals surface area contributed by atoms with Crippen LogP contribution < -0.4 is 5.48 Å². The Labute approximate surface area is 138 Å². The number of hydrogen-bond donors (Lipinski definition) is 6. The summed E-state index contributed by atoms with van der Waals surface area (Å²) >= 11 is 6.36. The van der Waals surface area contributed by atoms with Crippen molar-refractivity contribution in [2.75, 3.05) is 6.61 Å². The molecule has 0 radical (unpaired) electrons. The molecule has 3 aliphatic rings. The Hall–Kier alpha value is -0.450. The molecule has 9 heteroatoms. The summed E-state index contributed by atoms with van der Waals surface area (Å²) in [6, 6.07) is -0.517. The van der Waals surface area contributed by atoms with Crippen molar-refractivity contribution in [2.45, 2.75) is 61.4 Å². The van der Waals surface area contributed by atoms with Crippen molar-refractivity contribution in [1.29, 1.82) is 0 Å². The summed E-state index contributed by atoms with van der Waals surface area (Å²) in [6.45, 7) is -0.316. The summed E-state index contributed by atoms with van der Waals surface area (Å²) in [5.74, 6) is -0.289. The van der Waals surface area contributed by atoms with Crippen LogP contribution in [0.1, 0.15) is 19.3 Å². The molecule has 23 heavy (non-hydrogen) atoms. The molecule has 6 N–H and O–H groups in total. The van der Waals surface area contributed by atoms with Gasteiger partial charge in [-0.15, -0.1) is 11.6 Å². The Kier molecular flexibility index (Phi) is 5.15. The number of halogens is 1. The summed E-state index contributed by atoms with van der Waals surface area (Å²) in [7, 11) is 0. The smallest absolute Gasteiger partial charge is 0.178 e. The van der Waals surface area contributed by atoms with Crippen LogP contribution in [0.5, 0.6) is 0 Å². The highest BCUT2D eigenvalue weighted by atomic mass is 35.5. The number of nitrogens with one attached hydrogen (secondary N) is 1. The molecule has 1 heterocycles. The first-order valence-electron chi connectivity index (χ1n) is 7.81. The van der Waals surface area contributed by atoms with Gasteiger partial charge in [-0.1, -0.05) is 6.08 Å². The Morgan fingerprint density at radius 2 is 2.00 bits per heavy atom. The summed E-state index contributed by atoms with van der Waals surface area (Å²) in [5.41, 5.74) is 3.13. The highest BCUT2D eigenvalue weighted by molar-refractivity contribution is 6.22. The maximum absolute atomic E-state index is 10.5. The average molecular weight is 351 g/mol. The lowest BCUT2D eigenvalue weighted by atomic mass is 9.86. The molecule has 0 amide bonds. The van der Waals surface area contributed by atoms with Gasteiger partial charge in [0.1, 0.15) is 6.61 Å². The van der Waals surface area contributed by atoms with Crippen LogP contribution in [0.3, 0.4) is 0 Å². The van der Waals surface area contributed by atoms with Gasteiger partial charge in [-0.05, 0) is 19.3 Å². The molecule has 0 bridgehead atoms. The monoisotopic (exact) mass is 350 g/mol. The molecular weight excluding hydrogens is 328 g/mol. The van der Waals surface area contributed by atoms with Crippen molar-refractivity contribution in [3.8, 4) is 0 Å². The van der Waals surface area contributed by atoms with Gasteiger partial charge >= 0.3 is 0 Å². The van der Waals surface area contributed by atoms with Gasteiger partial charge < -0.3 is 25.5 Å². The predicted molar refractivity (Wildman–Crippen MR) is 79.8 cm³/mol. The van der Waals surface area contributed by atoms with Gasteiger partial charge in [-0.3, -0.25) is 15.2 Å². The molecule has 5 atom stereocenters. The van der Waals surface area contributed by atoms with Gasteiger partial charge in [-0.25, -0.2) is 0 Å². The average Bonchev–Trinajstić information content (AvgIpc) is 3.25. The molecule has 3 rings (SSSR count). The van der Waals surface area contributed by atoms with E-state index in [0.29, 0.717) is 12.1 Å². The number of hydrogen-bond acceptors (Lipinski definition) is 8. The molecule has 2 fully saturated rings. The Bertz CT molecular complexity index is 459. The number of rotatable bonds is 6. The Morgan fingerprint density at radius 1 is 1.30 bits per heavy atom. The van der Waals surface area contributed by atoms with Crippen molar-refractivity contribution in [1.82, 2.24) is 10.4 Å². The van der Waals surface area contributed by atoms with Crippen LogP contribution in [0, 0.1) is 5.92 Å². The SMILES string of the molecule is OC(O)CONC1=CC2C(O)[C@@H](C(O)O)N(C3CC3)C2CC1Cl. The van der Waals surface area contributed by atoms with E-state index in [4.69, 9.17) is 26.7 Å². The first-order valence-corrected chi connectivity index (χ1v) is 8.25. The van der Waals surface area contributed by atoms with Crippen LogP contribution in [0.2, 0.25) is 0 Å². The molecule has 2 aliphatic carbocycles. The summed E-state index contributed by atoms with van der Waals surface area (Å²) < 4.78 is 0. The van der Waals surface area contributed by atoms with Crippen molar-refractivity contribution < 1.29 is 30.4 Å². The molecule has 0 aromatic heterocycles. The Balaban J connectivity index is 1.75. The minimum Gasteiger partial charge on any atom is -0.391 e. The number of likely N-dealkylation sites (tertiary alicyclic amines) is 1. The van der Waals surface area contributed by atoms with Crippen LogP contribution in [0.4, 0.5) is 0 Å². The molecule has 8 nitrogen and oxygen atoms in total. The van der Waals surface area contributed by atoms with Crippen molar-refractivity contribution in [3.05, 3.63) is 11.8 Å². The predicted octanol–water partition coefficient (Wildman–Crippen LogP) is -1.78. The number of allylic oxidation sites excluding steroid dienone is 1. The van der Waals surface area contributed by atoms with E-state index in [2.05, 4.69) is 5.48 Å². The van der Waals surface area contributed by atoms with Gasteiger partial charge in [0.25, 0.3) is 0 Å². The van der Waals surface area contributed by atoms with E-state index in [1.165, 1.54) is 0 Å². The molecule has 0 spiro atoms. The molecule has 0 aromatic rings. The van der Waals surface area contributed by atoms with Crippen molar-refractivity contribution in [3.63, 3.8) is 0 Å². The second-order valence-corrected chi connectivity index (χ2v) is 6.96. The molecule has 1 saturated carbocycles. The first kappa shape index (κ1) is 17.4. The molecule has 4 unspecified atom stereocenters. The van der Waals surface area contributed by atoms with E-state index in [1.54, 1.807) is 6.08 Å². The van der Waals surface area contributed by atoms with Gasteiger partial charge in [0.05, 0.1) is 23.2 Å². The zero-order chi connectivity index (χ0) is 16.7. The first-order chi connectivity index (χ1) is 10.9. The maximum atomic E-state index is 10.5. The quantitative estimate of drug-likeness (QED) is 0.189. The minimum absolute atomic E-state index is 0.0548. The van der Waals surface area contributed by atoms with E-state index >= 15 is 0 Å². The van der Waals surface area contributed by atoms with Crippen LogP contribution in [0.25, 0.3) is 0 Å². The normalized spacial score (nSPS) is 38.1. The summed E-state index contributed by atoms with van der Waals surface area (Å²) in [4.78, 5) is 6.95. The van der Waals surface area contributed by atoms with Gasteiger partial charge in [0.2, 0.25) is 0 Å². The van der Waals surface area contributed by atoms with Crippen LogP contribution >= 0.6 is 11.6 Å². The van der Waals surface area contributed by atoms with Gasteiger partial charge in [0, 0.05) is 18.0 Å². The van der Waals surface area contributed by atoms with Crippen LogP contribution in [0.15, 0.2) is 11.8 Å². The lowest BCUT2D eigenvalue weighted by molar-refractivity contribution is -0.119. The topological polar surface area (TPSA) is 126 Å². The largest absolute Gasteiger partial charge is 0.391 e. The fourth-order valence-corrected chi connectivity index (χ4v) is 4.01. The second kappa shape index (κ2) is 6.81. The molecule has 0 aromatic carbocycles. The van der Waals surface area contributed by atoms with E-state index < -0.39 is 30.1 Å². The molecule has 132 valence electrons. The zero-order valence-corrected chi connectivity index (χ0v) is 13.3. The van der Waals surface area contributed by atoms with E-state index in [1.807, 2.05) is 4.90 Å². The standard InChI is InChI=1S/C14H23ClN2O6/c15-8-4-10-7(3-9(8)16-23-5-11(18)19)13(20)12(14(21)22)17(10)6-1-2-6/h3,6-8,10-14,16,18-22H,1-2,4-5H2/t7?,8?,10?,12-,13?/m0/s1. The number of aliphatic hydroxyl groups is 5. The second-order valence-electron chi connectivity index (χ2n) is 6.44. The summed E-state index contributed by atoms with van der Waals surface area (Å²) in [6.07, 6.45) is 0.131. The molecule has 1 aliphatic heterocycles. The number of nitrogens with zero attached hydrogens (tertiary/aromatic N) is 1. The number of hydroxylamine groups is 1. The fourth-order valence-electron chi connectivity index (χ4n) is 3.71. The lowest BCUT2D eigenvalue weighted by Gasteiger charge is -2.35. The van der Waals surface area contributed by atoms with E-state index in [-0.39, 0.29) is 24.6 Å². The van der Waals surface area contributed by atoms with Gasteiger partial charge in [0.15, 0.2) is 12.6 Å². The zero-order valence-electron chi connectivity index (χ0n) is 12.5. The van der Waals surface area contributed by atoms with Crippen LogP contribution in [-0.4, -0.2) is 79.2 Å². The maximum Gasteiger partial charge on any atom is 0.178 e. The van der Waals surface area contributed by atoms with Gasteiger partial charge in [-0.2, -0.15) is 0 Å². The summed E-state index contributed by atoms with van der Waals surface area (Å²) in [5, 5.41) is 47.0. The highest BCUT2D eigenvalue weighted by Gasteiger charge is 2.56. The van der Waals surface area contributed by atoms with E-state index in [0.717, 1.165) is 12.8 Å². The van der Waals surface area contributed by atoms with E-state index in [9.17, 15) is 15.3 Å². The molecule has 1 saturated heterocycles. The van der Waals surface area contributed by atoms with Crippen LogP contribution in [-0.2, 0) is 4.84 Å². The minimum atomic E-state index is -1.62. The lowest BCUT2D eigenvalue weighted by Crippen LogP contribution is -2.48. The van der Waals surface area contributed by atoms with Crippen molar-refractivity contribution in [2.24, 2.45) is 5.92 Å². The third kappa shape index (κ3) is 3.49. The highest BCUT2D eigenvalue weighted by Crippen LogP contribution is 2.46. The number of aliphatic hydroxyl groups excluding tert-OH is 3. The Morgan fingerprint density at radius 3 is 2.57 bits per heavy atom. The third-order valence-corrected chi connectivity index (χ3v) is 5.18. The van der Waals surface area contributed by atoms with Crippen molar-refractivity contribution >= 4 is 11.6 Å².